The highest BCUT2D eigenvalue weighted by atomic mass is 15.3. The Balaban J connectivity index is 1.82. The lowest BCUT2D eigenvalue weighted by atomic mass is 10.2. The Bertz CT molecular complexity index is 175. The van der Waals surface area contributed by atoms with Gasteiger partial charge in [-0.15, -0.1) is 0 Å². The maximum Gasteiger partial charge on any atom is 0.0235 e. The molecule has 1 atom stereocenters. The van der Waals surface area contributed by atoms with Crippen LogP contribution in [0.5, 0.6) is 0 Å². The van der Waals surface area contributed by atoms with Gasteiger partial charge in [-0.2, -0.15) is 0 Å². The van der Waals surface area contributed by atoms with E-state index in [1.165, 1.54) is 32.4 Å². The Morgan fingerprint density at radius 1 is 1.15 bits per heavy atom. The minimum Gasteiger partial charge on any atom is -0.299 e. The highest BCUT2D eigenvalue weighted by molar-refractivity contribution is 4.91. The molecule has 2 nitrogen and oxygen atoms in total. The van der Waals surface area contributed by atoms with E-state index in [4.69, 9.17) is 0 Å². The normalized spacial score (nSPS) is 30.7. The standard InChI is InChI=1S/C11H22N2/c1-9(2)13-7-6-11(8-13)12(3)10-4-5-10/h9-11H,4-8H2,1-3H3/t11-/m1/s1. The lowest BCUT2D eigenvalue weighted by Crippen LogP contribution is -2.37. The van der Waals surface area contributed by atoms with Crippen molar-refractivity contribution in [3.8, 4) is 0 Å². The molecule has 0 spiro atoms. The number of likely N-dealkylation sites (N-methyl/N-ethyl adjacent to an activating group) is 1. The third-order valence-corrected chi connectivity index (χ3v) is 3.62. The van der Waals surface area contributed by atoms with Gasteiger partial charge in [-0.05, 0) is 40.2 Å². The van der Waals surface area contributed by atoms with Crippen LogP contribution in [0.15, 0.2) is 0 Å². The number of hydrogen-bond donors (Lipinski definition) is 0. The van der Waals surface area contributed by atoms with Crippen LogP contribution < -0.4 is 0 Å². The molecule has 1 saturated carbocycles. The molecule has 0 unspecified atom stereocenters. The molecule has 13 heavy (non-hydrogen) atoms. The van der Waals surface area contributed by atoms with Gasteiger partial charge in [0.15, 0.2) is 0 Å². The number of likely N-dealkylation sites (tertiary alicyclic amines) is 1. The Hall–Kier alpha value is -0.0800. The van der Waals surface area contributed by atoms with E-state index < -0.39 is 0 Å². The molecular weight excluding hydrogens is 160 g/mol. The highest BCUT2D eigenvalue weighted by Gasteiger charge is 2.34. The summed E-state index contributed by atoms with van der Waals surface area (Å²) >= 11 is 0. The molecule has 0 bridgehead atoms. The third-order valence-electron chi connectivity index (χ3n) is 3.62. The van der Waals surface area contributed by atoms with Crippen LogP contribution in [0.3, 0.4) is 0 Å². The van der Waals surface area contributed by atoms with Crippen molar-refractivity contribution in [2.45, 2.75) is 51.2 Å². The smallest absolute Gasteiger partial charge is 0.0235 e. The lowest BCUT2D eigenvalue weighted by Gasteiger charge is -2.25. The van der Waals surface area contributed by atoms with Gasteiger partial charge in [0, 0.05) is 31.2 Å². The summed E-state index contributed by atoms with van der Waals surface area (Å²) in [6.07, 6.45) is 4.26. The molecule has 0 aromatic carbocycles. The SMILES string of the molecule is CC(C)N1CC[C@@H](N(C)C2CC2)C1. The summed E-state index contributed by atoms with van der Waals surface area (Å²) in [4.78, 5) is 5.21. The molecule has 2 heteroatoms. The minimum atomic E-state index is 0.734. The van der Waals surface area contributed by atoms with Crippen molar-refractivity contribution < 1.29 is 0 Å². The topological polar surface area (TPSA) is 6.48 Å². The van der Waals surface area contributed by atoms with Crippen LogP contribution in [0, 0.1) is 0 Å². The van der Waals surface area contributed by atoms with Crippen LogP contribution in [-0.2, 0) is 0 Å². The van der Waals surface area contributed by atoms with Crippen molar-refractivity contribution in [3.05, 3.63) is 0 Å². The Kier molecular flexibility index (Phi) is 2.61. The Morgan fingerprint density at radius 3 is 2.31 bits per heavy atom. The second kappa shape index (κ2) is 3.58. The van der Waals surface area contributed by atoms with Crippen LogP contribution in [0.1, 0.15) is 33.1 Å². The molecule has 0 radical (unpaired) electrons. The number of rotatable bonds is 3. The molecule has 2 rings (SSSR count). The van der Waals surface area contributed by atoms with Crippen molar-refractivity contribution >= 4 is 0 Å². The number of nitrogens with zero attached hydrogens (tertiary/aromatic N) is 2. The van der Waals surface area contributed by atoms with Gasteiger partial charge in [0.1, 0.15) is 0 Å². The molecule has 0 amide bonds. The van der Waals surface area contributed by atoms with E-state index in [1.54, 1.807) is 0 Å². The second-order valence-electron chi connectivity index (χ2n) is 4.93. The molecule has 76 valence electrons. The maximum absolute atomic E-state index is 2.61. The van der Waals surface area contributed by atoms with E-state index in [1.807, 2.05) is 0 Å². The van der Waals surface area contributed by atoms with Gasteiger partial charge in [-0.25, -0.2) is 0 Å². The van der Waals surface area contributed by atoms with E-state index in [2.05, 4.69) is 30.7 Å². The summed E-state index contributed by atoms with van der Waals surface area (Å²) in [6, 6.07) is 2.50. The minimum absolute atomic E-state index is 0.734. The van der Waals surface area contributed by atoms with Crippen molar-refractivity contribution in [2.24, 2.45) is 0 Å². The lowest BCUT2D eigenvalue weighted by molar-refractivity contribution is 0.207. The van der Waals surface area contributed by atoms with Crippen LogP contribution >= 0.6 is 0 Å². The fourth-order valence-electron chi connectivity index (χ4n) is 2.35. The van der Waals surface area contributed by atoms with Crippen LogP contribution in [0.25, 0.3) is 0 Å². The molecule has 2 aliphatic rings. The predicted octanol–water partition coefficient (Wildman–Crippen LogP) is 1.56. The first-order chi connectivity index (χ1) is 6.18. The molecule has 1 aliphatic carbocycles. The zero-order chi connectivity index (χ0) is 9.42. The summed E-state index contributed by atoms with van der Waals surface area (Å²) in [7, 11) is 2.31. The summed E-state index contributed by atoms with van der Waals surface area (Å²) in [5.41, 5.74) is 0. The Labute approximate surface area is 81.9 Å². The molecule has 1 heterocycles. The summed E-state index contributed by atoms with van der Waals surface area (Å²) in [5, 5.41) is 0. The van der Waals surface area contributed by atoms with Crippen molar-refractivity contribution in [1.29, 1.82) is 0 Å². The quantitative estimate of drug-likeness (QED) is 0.653. The predicted molar refractivity (Wildman–Crippen MR) is 55.9 cm³/mol. The van der Waals surface area contributed by atoms with Crippen LogP contribution in [0.2, 0.25) is 0 Å². The molecule has 2 fully saturated rings. The van der Waals surface area contributed by atoms with Crippen molar-refractivity contribution in [3.63, 3.8) is 0 Å². The fourth-order valence-corrected chi connectivity index (χ4v) is 2.35. The van der Waals surface area contributed by atoms with Gasteiger partial charge >= 0.3 is 0 Å². The molecule has 1 aliphatic heterocycles. The van der Waals surface area contributed by atoms with Crippen molar-refractivity contribution in [2.75, 3.05) is 20.1 Å². The summed E-state index contributed by atoms with van der Waals surface area (Å²) in [5.74, 6) is 0. The van der Waals surface area contributed by atoms with E-state index in [0.717, 1.165) is 18.1 Å². The van der Waals surface area contributed by atoms with Gasteiger partial charge in [0.25, 0.3) is 0 Å². The average Bonchev–Trinajstić information content (AvgIpc) is 2.81. The first kappa shape index (κ1) is 9.47. The van der Waals surface area contributed by atoms with Gasteiger partial charge in [-0.1, -0.05) is 0 Å². The monoisotopic (exact) mass is 182 g/mol. The van der Waals surface area contributed by atoms with E-state index >= 15 is 0 Å². The summed E-state index contributed by atoms with van der Waals surface area (Å²) < 4.78 is 0. The first-order valence-electron chi connectivity index (χ1n) is 5.64. The van der Waals surface area contributed by atoms with Gasteiger partial charge in [0.2, 0.25) is 0 Å². The summed E-state index contributed by atoms with van der Waals surface area (Å²) in [6.45, 7) is 7.21. The molecule has 0 aromatic heterocycles. The zero-order valence-corrected chi connectivity index (χ0v) is 9.16. The molecular formula is C11H22N2. The zero-order valence-electron chi connectivity index (χ0n) is 9.16. The first-order valence-corrected chi connectivity index (χ1v) is 5.64. The van der Waals surface area contributed by atoms with Gasteiger partial charge in [0.05, 0.1) is 0 Å². The maximum atomic E-state index is 2.61. The Morgan fingerprint density at radius 2 is 1.85 bits per heavy atom. The third kappa shape index (κ3) is 2.05. The van der Waals surface area contributed by atoms with E-state index in [9.17, 15) is 0 Å². The average molecular weight is 182 g/mol. The van der Waals surface area contributed by atoms with E-state index in [-0.39, 0.29) is 0 Å². The largest absolute Gasteiger partial charge is 0.299 e. The van der Waals surface area contributed by atoms with Crippen molar-refractivity contribution in [1.82, 2.24) is 9.80 Å². The van der Waals surface area contributed by atoms with Gasteiger partial charge < -0.3 is 0 Å². The second-order valence-corrected chi connectivity index (χ2v) is 4.93. The van der Waals surface area contributed by atoms with E-state index in [0.29, 0.717) is 0 Å². The van der Waals surface area contributed by atoms with Crippen LogP contribution in [0.4, 0.5) is 0 Å². The van der Waals surface area contributed by atoms with Crippen LogP contribution in [-0.4, -0.2) is 48.1 Å². The molecule has 0 N–H and O–H groups in total. The number of hydrogen-bond acceptors (Lipinski definition) is 2. The van der Waals surface area contributed by atoms with Gasteiger partial charge in [-0.3, -0.25) is 9.80 Å². The fraction of sp³-hybridized carbons (Fsp3) is 1.00. The molecule has 0 aromatic rings. The highest BCUT2D eigenvalue weighted by Crippen LogP contribution is 2.30. The molecule has 1 saturated heterocycles.